The van der Waals surface area contributed by atoms with Crippen molar-refractivity contribution in [2.45, 2.75) is 19.6 Å². The molecule has 0 aliphatic rings. The molecule has 3 aromatic carbocycles. The number of methoxy groups -OCH3 is 1. The van der Waals surface area contributed by atoms with Gasteiger partial charge < -0.3 is 14.8 Å². The molecule has 1 atom stereocenters. The summed E-state index contributed by atoms with van der Waals surface area (Å²) in [5.74, 6) is -0.989. The first-order valence-corrected chi connectivity index (χ1v) is 9.28. The summed E-state index contributed by atoms with van der Waals surface area (Å²) in [5.41, 5.74) is 3.54. The third-order valence-corrected chi connectivity index (χ3v) is 4.36. The van der Waals surface area contributed by atoms with Crippen LogP contribution in [0.2, 0.25) is 0 Å². The van der Waals surface area contributed by atoms with Gasteiger partial charge in [0.2, 0.25) is 6.10 Å². The summed E-state index contributed by atoms with van der Waals surface area (Å²) in [4.78, 5) is 25.7. The maximum absolute atomic E-state index is 12.9. The smallest absolute Gasteiger partial charge is 0.339 e. The van der Waals surface area contributed by atoms with Gasteiger partial charge in [0, 0.05) is 18.4 Å². The quantitative estimate of drug-likeness (QED) is 0.596. The van der Waals surface area contributed by atoms with Gasteiger partial charge in [0.25, 0.3) is 5.91 Å². The Balaban J connectivity index is 1.82. The molecular weight excluding hydrogens is 366 g/mol. The molecule has 5 heteroatoms. The van der Waals surface area contributed by atoms with E-state index in [2.05, 4.69) is 5.32 Å². The van der Waals surface area contributed by atoms with Crippen LogP contribution in [-0.2, 0) is 20.9 Å². The number of amides is 1. The standard InChI is InChI=1S/C24H23NO4/c1-17-11-13-21(14-12-17)25-23(26)22(19-8-4-3-5-9-19)29-24(27)20-10-6-7-18(15-20)16-28-2/h3-15,22H,16H2,1-2H3,(H,25,26)/t22-/m0/s1. The van der Waals surface area contributed by atoms with Gasteiger partial charge in [0.15, 0.2) is 0 Å². The maximum atomic E-state index is 12.9. The lowest BCUT2D eigenvalue weighted by molar-refractivity contribution is -0.125. The van der Waals surface area contributed by atoms with E-state index in [0.717, 1.165) is 11.1 Å². The predicted molar refractivity (Wildman–Crippen MR) is 112 cm³/mol. The molecule has 29 heavy (non-hydrogen) atoms. The van der Waals surface area contributed by atoms with Gasteiger partial charge in [-0.15, -0.1) is 0 Å². The van der Waals surface area contributed by atoms with Crippen LogP contribution >= 0.6 is 0 Å². The van der Waals surface area contributed by atoms with E-state index >= 15 is 0 Å². The molecule has 0 spiro atoms. The van der Waals surface area contributed by atoms with Crippen LogP contribution in [0.3, 0.4) is 0 Å². The first-order chi connectivity index (χ1) is 14.1. The summed E-state index contributed by atoms with van der Waals surface area (Å²) in [6.07, 6.45) is -1.07. The van der Waals surface area contributed by atoms with Crippen molar-refractivity contribution in [3.05, 3.63) is 101 Å². The molecule has 3 aromatic rings. The summed E-state index contributed by atoms with van der Waals surface area (Å²) in [6, 6.07) is 23.4. The number of hydrogen-bond acceptors (Lipinski definition) is 4. The second-order valence-corrected chi connectivity index (χ2v) is 6.68. The van der Waals surface area contributed by atoms with E-state index in [9.17, 15) is 9.59 Å². The van der Waals surface area contributed by atoms with E-state index in [4.69, 9.17) is 9.47 Å². The summed E-state index contributed by atoms with van der Waals surface area (Å²) in [5, 5.41) is 2.82. The Hall–Kier alpha value is -3.44. The van der Waals surface area contributed by atoms with Crippen LogP contribution in [0.5, 0.6) is 0 Å². The highest BCUT2D eigenvalue weighted by atomic mass is 16.5. The Kier molecular flexibility index (Phi) is 6.76. The number of anilines is 1. The van der Waals surface area contributed by atoms with E-state index in [0.29, 0.717) is 23.4 Å². The molecule has 0 aliphatic heterocycles. The lowest BCUT2D eigenvalue weighted by atomic mass is 10.1. The molecule has 1 amide bonds. The largest absolute Gasteiger partial charge is 0.444 e. The fourth-order valence-corrected chi connectivity index (χ4v) is 2.88. The van der Waals surface area contributed by atoms with E-state index in [1.807, 2.05) is 43.3 Å². The average Bonchev–Trinajstić information content (AvgIpc) is 2.74. The number of esters is 1. The van der Waals surface area contributed by atoms with Crippen LogP contribution in [0.25, 0.3) is 0 Å². The van der Waals surface area contributed by atoms with Gasteiger partial charge in [-0.3, -0.25) is 4.79 Å². The van der Waals surface area contributed by atoms with Crippen LogP contribution in [0.15, 0.2) is 78.9 Å². The SMILES string of the molecule is COCc1cccc(C(=O)O[C@H](C(=O)Nc2ccc(C)cc2)c2ccccc2)c1. The van der Waals surface area contributed by atoms with Crippen molar-refractivity contribution in [3.63, 3.8) is 0 Å². The van der Waals surface area contributed by atoms with E-state index in [-0.39, 0.29) is 0 Å². The summed E-state index contributed by atoms with van der Waals surface area (Å²) < 4.78 is 10.7. The zero-order chi connectivity index (χ0) is 20.6. The number of ether oxygens (including phenoxy) is 2. The van der Waals surface area contributed by atoms with Crippen molar-refractivity contribution >= 4 is 17.6 Å². The minimum Gasteiger partial charge on any atom is -0.444 e. The van der Waals surface area contributed by atoms with Gasteiger partial charge in [-0.25, -0.2) is 4.79 Å². The van der Waals surface area contributed by atoms with Crippen LogP contribution in [0, 0.1) is 6.92 Å². The van der Waals surface area contributed by atoms with Gasteiger partial charge in [-0.05, 0) is 36.8 Å². The van der Waals surface area contributed by atoms with Gasteiger partial charge in [-0.2, -0.15) is 0 Å². The molecule has 0 unspecified atom stereocenters. The molecule has 0 saturated heterocycles. The molecule has 0 saturated carbocycles. The van der Waals surface area contributed by atoms with Crippen molar-refractivity contribution in [3.8, 4) is 0 Å². The van der Waals surface area contributed by atoms with Crippen molar-refractivity contribution in [2.24, 2.45) is 0 Å². The molecular formula is C24H23NO4. The number of nitrogens with one attached hydrogen (secondary N) is 1. The Labute approximate surface area is 170 Å². The first-order valence-electron chi connectivity index (χ1n) is 9.28. The zero-order valence-electron chi connectivity index (χ0n) is 16.4. The van der Waals surface area contributed by atoms with Crippen LogP contribution in [0.4, 0.5) is 5.69 Å². The van der Waals surface area contributed by atoms with Crippen molar-refractivity contribution < 1.29 is 19.1 Å². The van der Waals surface area contributed by atoms with E-state index in [1.54, 1.807) is 49.6 Å². The monoisotopic (exact) mass is 389 g/mol. The van der Waals surface area contributed by atoms with Crippen molar-refractivity contribution in [1.82, 2.24) is 0 Å². The number of benzene rings is 3. The molecule has 1 N–H and O–H groups in total. The minimum atomic E-state index is -1.07. The molecule has 5 nitrogen and oxygen atoms in total. The van der Waals surface area contributed by atoms with Gasteiger partial charge in [0.1, 0.15) is 0 Å². The van der Waals surface area contributed by atoms with Gasteiger partial charge in [0.05, 0.1) is 12.2 Å². The molecule has 0 bridgehead atoms. The first kappa shape index (κ1) is 20.3. The van der Waals surface area contributed by atoms with Gasteiger partial charge >= 0.3 is 5.97 Å². The number of rotatable bonds is 7. The number of carbonyl (C=O) groups is 2. The zero-order valence-corrected chi connectivity index (χ0v) is 16.4. The Morgan fingerprint density at radius 1 is 0.931 bits per heavy atom. The topological polar surface area (TPSA) is 64.6 Å². The number of hydrogen-bond donors (Lipinski definition) is 1. The minimum absolute atomic E-state index is 0.364. The van der Waals surface area contributed by atoms with Crippen molar-refractivity contribution in [1.29, 1.82) is 0 Å². The molecule has 0 fully saturated rings. The third kappa shape index (κ3) is 5.53. The predicted octanol–water partition coefficient (Wildman–Crippen LogP) is 4.68. The fraction of sp³-hybridized carbons (Fsp3) is 0.167. The number of aryl methyl sites for hydroxylation is 1. The number of carbonyl (C=O) groups excluding carboxylic acids is 2. The highest BCUT2D eigenvalue weighted by Gasteiger charge is 2.26. The molecule has 148 valence electrons. The molecule has 3 rings (SSSR count). The van der Waals surface area contributed by atoms with Gasteiger partial charge in [-0.1, -0.05) is 60.2 Å². The molecule has 0 heterocycles. The van der Waals surface area contributed by atoms with Crippen LogP contribution in [0.1, 0.15) is 33.2 Å². The maximum Gasteiger partial charge on any atom is 0.339 e. The summed E-state index contributed by atoms with van der Waals surface area (Å²) >= 11 is 0. The van der Waals surface area contributed by atoms with E-state index in [1.165, 1.54) is 0 Å². The third-order valence-electron chi connectivity index (χ3n) is 4.36. The average molecular weight is 389 g/mol. The van der Waals surface area contributed by atoms with E-state index < -0.39 is 18.0 Å². The highest BCUT2D eigenvalue weighted by molar-refractivity contribution is 5.98. The summed E-state index contributed by atoms with van der Waals surface area (Å²) in [7, 11) is 1.59. The van der Waals surface area contributed by atoms with Crippen LogP contribution in [-0.4, -0.2) is 19.0 Å². The molecule has 0 radical (unpaired) electrons. The Morgan fingerprint density at radius 2 is 1.66 bits per heavy atom. The molecule has 0 aromatic heterocycles. The Bertz CT molecular complexity index is 968. The highest BCUT2D eigenvalue weighted by Crippen LogP contribution is 2.22. The summed E-state index contributed by atoms with van der Waals surface area (Å²) in [6.45, 7) is 2.36. The molecule has 0 aliphatic carbocycles. The van der Waals surface area contributed by atoms with Crippen molar-refractivity contribution in [2.75, 3.05) is 12.4 Å². The lowest BCUT2D eigenvalue weighted by Crippen LogP contribution is -2.26. The normalized spacial score (nSPS) is 11.5. The Morgan fingerprint density at radius 3 is 2.34 bits per heavy atom. The lowest BCUT2D eigenvalue weighted by Gasteiger charge is -2.18. The fourth-order valence-electron chi connectivity index (χ4n) is 2.88. The second-order valence-electron chi connectivity index (χ2n) is 6.68. The van der Waals surface area contributed by atoms with Crippen LogP contribution < -0.4 is 5.32 Å². The second kappa shape index (κ2) is 9.66.